The van der Waals surface area contributed by atoms with Crippen molar-refractivity contribution < 1.29 is 32.7 Å². The molecule has 156 valence electrons. The van der Waals surface area contributed by atoms with Crippen molar-refractivity contribution in [2.24, 2.45) is 11.7 Å². The van der Waals surface area contributed by atoms with Crippen LogP contribution in [0.1, 0.15) is 38.3 Å². The van der Waals surface area contributed by atoms with E-state index >= 15 is 0 Å². The van der Waals surface area contributed by atoms with Crippen molar-refractivity contribution >= 4 is 17.8 Å². The summed E-state index contributed by atoms with van der Waals surface area (Å²) in [6, 6.07) is 4.40. The van der Waals surface area contributed by atoms with Gasteiger partial charge in [-0.1, -0.05) is 38.1 Å². The maximum atomic E-state index is 13.2. The molecular weight excluding hydrogens is 377 g/mol. The second kappa shape index (κ2) is 8.72. The Morgan fingerprint density at radius 1 is 1.14 bits per heavy atom. The zero-order valence-electron chi connectivity index (χ0n) is 16.2. The number of aliphatic carboxylic acids is 1. The van der Waals surface area contributed by atoms with Gasteiger partial charge in [0.2, 0.25) is 5.91 Å². The maximum Gasteiger partial charge on any atom is 0.471 e. The van der Waals surface area contributed by atoms with E-state index in [4.69, 9.17) is 5.73 Å². The Labute approximate surface area is 161 Å². The third-order valence-corrected chi connectivity index (χ3v) is 4.27. The van der Waals surface area contributed by atoms with Crippen molar-refractivity contribution in [3.63, 3.8) is 0 Å². The number of carbonyl (C=O) groups excluding carboxylic acids is 2. The molecule has 1 rings (SSSR count). The van der Waals surface area contributed by atoms with Gasteiger partial charge in [0.05, 0.1) is 5.54 Å². The molecule has 2 amide bonds. The van der Waals surface area contributed by atoms with Crippen LogP contribution in [0.15, 0.2) is 24.3 Å². The number of carboxylic acids is 1. The van der Waals surface area contributed by atoms with Crippen LogP contribution >= 0.6 is 0 Å². The van der Waals surface area contributed by atoms with Gasteiger partial charge in [0, 0.05) is 6.42 Å². The minimum absolute atomic E-state index is 0.0236. The van der Waals surface area contributed by atoms with E-state index in [1.54, 1.807) is 39.0 Å². The molecule has 0 spiro atoms. The van der Waals surface area contributed by atoms with Crippen LogP contribution in [-0.4, -0.2) is 45.5 Å². The molecule has 6 nitrogen and oxygen atoms in total. The van der Waals surface area contributed by atoms with Crippen molar-refractivity contribution in [3.8, 4) is 0 Å². The Balaban J connectivity index is 3.45. The zero-order valence-corrected chi connectivity index (χ0v) is 16.2. The standard InChI is InChI=1S/C19H25F3N2O4/c1-11(2)10-18(4,23)16(27)24(17(28)19(20,21)22)14(15(25)26)9-13-8-6-5-7-12(13)3/h5-8,11,14H,9-10,23H2,1-4H3,(H,25,26)/t14-,18-/m0/s1. The summed E-state index contributed by atoms with van der Waals surface area (Å²) in [5.74, 6) is -5.81. The molecule has 0 radical (unpaired) electrons. The quantitative estimate of drug-likeness (QED) is 0.730. The van der Waals surface area contributed by atoms with Crippen molar-refractivity contribution in [1.82, 2.24) is 4.90 Å². The SMILES string of the molecule is Cc1ccccc1C[C@@H](C(=O)O)N(C(=O)C(F)(F)F)C(=O)[C@@](C)(N)CC(C)C. The Bertz CT molecular complexity index is 745. The molecule has 3 N–H and O–H groups in total. The van der Waals surface area contributed by atoms with Crippen LogP contribution in [0, 0.1) is 12.8 Å². The van der Waals surface area contributed by atoms with Crippen LogP contribution in [-0.2, 0) is 20.8 Å². The first-order chi connectivity index (χ1) is 12.7. The summed E-state index contributed by atoms with van der Waals surface area (Å²) in [5, 5.41) is 9.55. The van der Waals surface area contributed by atoms with Crippen molar-refractivity contribution in [2.45, 2.75) is 58.3 Å². The molecule has 28 heavy (non-hydrogen) atoms. The molecule has 0 aromatic heterocycles. The molecule has 0 bridgehead atoms. The molecule has 2 atom stereocenters. The van der Waals surface area contributed by atoms with E-state index in [2.05, 4.69) is 0 Å². The van der Waals surface area contributed by atoms with Crippen molar-refractivity contribution in [1.29, 1.82) is 0 Å². The fourth-order valence-electron chi connectivity index (χ4n) is 3.06. The number of amides is 2. The maximum absolute atomic E-state index is 13.2. The number of imide groups is 1. The minimum Gasteiger partial charge on any atom is -0.480 e. The topological polar surface area (TPSA) is 101 Å². The van der Waals surface area contributed by atoms with Crippen LogP contribution in [0.2, 0.25) is 0 Å². The first-order valence-corrected chi connectivity index (χ1v) is 8.69. The summed E-state index contributed by atoms with van der Waals surface area (Å²) in [7, 11) is 0. The van der Waals surface area contributed by atoms with Gasteiger partial charge in [-0.15, -0.1) is 0 Å². The van der Waals surface area contributed by atoms with Gasteiger partial charge >= 0.3 is 18.1 Å². The molecule has 0 fully saturated rings. The van der Waals surface area contributed by atoms with Crippen molar-refractivity contribution in [2.75, 3.05) is 0 Å². The van der Waals surface area contributed by atoms with Gasteiger partial charge in [0.1, 0.15) is 6.04 Å². The number of aryl methyl sites for hydroxylation is 1. The predicted molar refractivity (Wildman–Crippen MR) is 96.3 cm³/mol. The highest BCUT2D eigenvalue weighted by Gasteiger charge is 2.52. The summed E-state index contributed by atoms with van der Waals surface area (Å²) in [4.78, 5) is 36.4. The summed E-state index contributed by atoms with van der Waals surface area (Å²) in [5.41, 5.74) is 5.09. The third-order valence-electron chi connectivity index (χ3n) is 4.27. The van der Waals surface area contributed by atoms with Crippen LogP contribution in [0.4, 0.5) is 13.2 Å². The highest BCUT2D eigenvalue weighted by atomic mass is 19.4. The van der Waals surface area contributed by atoms with E-state index in [0.717, 1.165) is 0 Å². The molecule has 0 saturated carbocycles. The number of carbonyl (C=O) groups is 3. The van der Waals surface area contributed by atoms with Gasteiger partial charge in [-0.3, -0.25) is 14.5 Å². The van der Waals surface area contributed by atoms with Crippen LogP contribution in [0.25, 0.3) is 0 Å². The number of halogens is 3. The van der Waals surface area contributed by atoms with Gasteiger partial charge in [-0.05, 0) is 37.3 Å². The van der Waals surface area contributed by atoms with E-state index in [0.29, 0.717) is 11.1 Å². The Hall–Kier alpha value is -2.42. The Morgan fingerprint density at radius 3 is 2.11 bits per heavy atom. The van der Waals surface area contributed by atoms with Gasteiger partial charge in [-0.25, -0.2) is 4.79 Å². The van der Waals surface area contributed by atoms with Crippen LogP contribution in [0.3, 0.4) is 0 Å². The number of rotatable bonds is 7. The van der Waals surface area contributed by atoms with E-state index in [9.17, 15) is 32.7 Å². The number of nitrogens with zero attached hydrogens (tertiary/aromatic N) is 1. The number of benzene rings is 1. The molecule has 0 heterocycles. The molecule has 1 aromatic carbocycles. The molecule has 0 unspecified atom stereocenters. The molecule has 0 aliphatic heterocycles. The van der Waals surface area contributed by atoms with E-state index in [1.807, 2.05) is 0 Å². The van der Waals surface area contributed by atoms with Crippen LogP contribution in [0.5, 0.6) is 0 Å². The molecule has 0 saturated heterocycles. The fraction of sp³-hybridized carbons (Fsp3) is 0.526. The summed E-state index contributed by atoms with van der Waals surface area (Å²) in [6.45, 7) is 6.25. The predicted octanol–water partition coefficient (Wildman–Crippen LogP) is 2.67. The third kappa shape index (κ3) is 5.79. The lowest BCUT2D eigenvalue weighted by molar-refractivity contribution is -0.193. The number of nitrogens with two attached hydrogens (primary N) is 1. The second-order valence-corrected chi connectivity index (χ2v) is 7.48. The Kier molecular flexibility index (Phi) is 7.36. The number of alkyl halides is 3. The molecule has 1 aromatic rings. The molecule has 0 aliphatic carbocycles. The van der Waals surface area contributed by atoms with Crippen molar-refractivity contribution in [3.05, 3.63) is 35.4 Å². The number of hydrogen-bond donors (Lipinski definition) is 2. The lowest BCUT2D eigenvalue weighted by Gasteiger charge is -2.35. The van der Waals surface area contributed by atoms with Gasteiger partial charge in [0.15, 0.2) is 0 Å². The average Bonchev–Trinajstić information content (AvgIpc) is 2.53. The summed E-state index contributed by atoms with van der Waals surface area (Å²) >= 11 is 0. The highest BCUT2D eigenvalue weighted by molar-refractivity contribution is 6.04. The number of hydrogen-bond acceptors (Lipinski definition) is 4. The van der Waals surface area contributed by atoms with Crippen LogP contribution < -0.4 is 5.73 Å². The lowest BCUT2D eigenvalue weighted by atomic mass is 9.89. The zero-order chi connectivity index (χ0) is 21.9. The van der Waals surface area contributed by atoms with Gasteiger partial charge in [0.25, 0.3) is 0 Å². The first-order valence-electron chi connectivity index (χ1n) is 8.69. The number of carboxylic acid groups (broad SMARTS) is 1. The smallest absolute Gasteiger partial charge is 0.471 e. The van der Waals surface area contributed by atoms with E-state index in [-0.39, 0.29) is 17.2 Å². The molecular formula is C19H25F3N2O4. The van der Waals surface area contributed by atoms with E-state index < -0.39 is 42.0 Å². The second-order valence-electron chi connectivity index (χ2n) is 7.48. The average molecular weight is 402 g/mol. The highest BCUT2D eigenvalue weighted by Crippen LogP contribution is 2.26. The fourth-order valence-corrected chi connectivity index (χ4v) is 3.06. The van der Waals surface area contributed by atoms with Gasteiger partial charge < -0.3 is 10.8 Å². The summed E-state index contributed by atoms with van der Waals surface area (Å²) < 4.78 is 39.5. The lowest BCUT2D eigenvalue weighted by Crippen LogP contribution is -2.62. The summed E-state index contributed by atoms with van der Waals surface area (Å²) in [6.07, 6.45) is -5.92. The molecule has 0 aliphatic rings. The first kappa shape index (κ1) is 23.6. The van der Waals surface area contributed by atoms with E-state index in [1.165, 1.54) is 13.0 Å². The minimum atomic E-state index is -5.43. The monoisotopic (exact) mass is 402 g/mol. The van der Waals surface area contributed by atoms with Gasteiger partial charge in [-0.2, -0.15) is 13.2 Å². The molecule has 9 heteroatoms. The normalized spacial score (nSPS) is 15.0. The largest absolute Gasteiger partial charge is 0.480 e. The Morgan fingerprint density at radius 2 is 1.68 bits per heavy atom.